The fraction of sp³-hybridized carbons (Fsp3) is 0.545. The maximum Gasteiger partial charge on any atom is 0.164 e. The lowest BCUT2D eigenvalue weighted by Crippen LogP contribution is -2.10. The second-order valence-electron chi connectivity index (χ2n) is 4.05. The van der Waals surface area contributed by atoms with Gasteiger partial charge < -0.3 is 5.32 Å². The largest absolute Gasteiger partial charge is 0.313 e. The van der Waals surface area contributed by atoms with E-state index in [9.17, 15) is 0 Å². The highest BCUT2D eigenvalue weighted by atomic mass is 35.5. The van der Waals surface area contributed by atoms with Crippen LogP contribution in [0.15, 0.2) is 6.33 Å². The molecule has 0 aliphatic rings. The fourth-order valence-corrected chi connectivity index (χ4v) is 2.02. The molecule has 2 heterocycles. The zero-order valence-corrected chi connectivity index (χ0v) is 11.6. The molecule has 0 amide bonds. The lowest BCUT2D eigenvalue weighted by atomic mass is 10.3. The number of hydrogen-bond donors (Lipinski definition) is 1. The first kappa shape index (κ1) is 13.0. The monoisotopic (exact) mass is 268 g/mol. The molecule has 0 aliphatic heterocycles. The van der Waals surface area contributed by atoms with Gasteiger partial charge in [-0.05, 0) is 20.9 Å². The van der Waals surface area contributed by atoms with E-state index in [0.29, 0.717) is 18.1 Å². The van der Waals surface area contributed by atoms with Crippen LogP contribution < -0.4 is 5.32 Å². The predicted molar refractivity (Wildman–Crippen MR) is 69.5 cm³/mol. The van der Waals surface area contributed by atoms with Crippen LogP contribution in [0.1, 0.15) is 24.1 Å². The molecule has 98 valence electrons. The van der Waals surface area contributed by atoms with Crippen molar-refractivity contribution in [3.8, 4) is 0 Å². The van der Waals surface area contributed by atoms with E-state index in [1.807, 2.05) is 25.6 Å². The van der Waals surface area contributed by atoms with Crippen molar-refractivity contribution in [2.45, 2.75) is 33.5 Å². The van der Waals surface area contributed by atoms with Gasteiger partial charge in [0.2, 0.25) is 0 Å². The average Bonchev–Trinajstić information content (AvgIpc) is 2.90. The van der Waals surface area contributed by atoms with E-state index in [0.717, 1.165) is 23.8 Å². The summed E-state index contributed by atoms with van der Waals surface area (Å²) in [4.78, 5) is 4.21. The summed E-state index contributed by atoms with van der Waals surface area (Å²) in [5.74, 6) is 0.771. The molecule has 0 radical (unpaired) electrons. The van der Waals surface area contributed by atoms with E-state index in [-0.39, 0.29) is 0 Å². The molecule has 7 heteroatoms. The highest BCUT2D eigenvalue weighted by molar-refractivity contribution is 6.31. The zero-order chi connectivity index (χ0) is 13.1. The number of halogens is 1. The summed E-state index contributed by atoms with van der Waals surface area (Å²) in [6, 6.07) is 0. The Labute approximate surface area is 111 Å². The van der Waals surface area contributed by atoms with Gasteiger partial charge in [-0.1, -0.05) is 11.6 Å². The van der Waals surface area contributed by atoms with E-state index in [1.165, 1.54) is 0 Å². The molecular formula is C11H17ClN6. The number of rotatable bonds is 5. The van der Waals surface area contributed by atoms with Crippen LogP contribution in [0.2, 0.25) is 5.02 Å². The Morgan fingerprint density at radius 2 is 2.17 bits per heavy atom. The Hall–Kier alpha value is -1.40. The first-order chi connectivity index (χ1) is 8.65. The van der Waals surface area contributed by atoms with Crippen molar-refractivity contribution in [3.05, 3.63) is 28.6 Å². The molecule has 0 spiro atoms. The lowest BCUT2D eigenvalue weighted by molar-refractivity contribution is 0.570. The van der Waals surface area contributed by atoms with Gasteiger partial charge in [-0.25, -0.2) is 9.67 Å². The number of nitrogens with one attached hydrogen (secondary N) is 1. The van der Waals surface area contributed by atoms with E-state index < -0.39 is 0 Å². The van der Waals surface area contributed by atoms with Crippen LogP contribution in [0.25, 0.3) is 0 Å². The SMILES string of the molecule is CCn1nc(C)c(Cl)c1Cn1cnc(CNC)n1. The smallest absolute Gasteiger partial charge is 0.164 e. The molecule has 0 unspecified atom stereocenters. The Morgan fingerprint density at radius 1 is 1.39 bits per heavy atom. The van der Waals surface area contributed by atoms with Gasteiger partial charge in [0, 0.05) is 6.54 Å². The fourth-order valence-electron chi connectivity index (χ4n) is 1.82. The molecular weight excluding hydrogens is 252 g/mol. The minimum Gasteiger partial charge on any atom is -0.313 e. The number of aromatic nitrogens is 5. The summed E-state index contributed by atoms with van der Waals surface area (Å²) in [5.41, 5.74) is 1.82. The minimum atomic E-state index is 0.588. The highest BCUT2D eigenvalue weighted by Gasteiger charge is 2.13. The summed E-state index contributed by atoms with van der Waals surface area (Å²) >= 11 is 6.25. The Kier molecular flexibility index (Phi) is 3.98. The predicted octanol–water partition coefficient (Wildman–Crippen LogP) is 1.22. The van der Waals surface area contributed by atoms with Gasteiger partial charge in [0.25, 0.3) is 0 Å². The number of hydrogen-bond acceptors (Lipinski definition) is 4. The maximum absolute atomic E-state index is 6.25. The molecule has 2 aromatic rings. The molecule has 2 rings (SSSR count). The van der Waals surface area contributed by atoms with Crippen LogP contribution >= 0.6 is 11.6 Å². The van der Waals surface area contributed by atoms with Crippen LogP contribution in [0.5, 0.6) is 0 Å². The first-order valence-electron chi connectivity index (χ1n) is 5.90. The van der Waals surface area contributed by atoms with Gasteiger partial charge in [-0.15, -0.1) is 0 Å². The summed E-state index contributed by atoms with van der Waals surface area (Å²) < 4.78 is 3.68. The molecule has 0 bridgehead atoms. The Balaban J connectivity index is 2.22. The van der Waals surface area contributed by atoms with Gasteiger partial charge in [-0.2, -0.15) is 10.2 Å². The molecule has 6 nitrogen and oxygen atoms in total. The molecule has 0 aromatic carbocycles. The molecule has 18 heavy (non-hydrogen) atoms. The molecule has 0 aliphatic carbocycles. The summed E-state index contributed by atoms with van der Waals surface area (Å²) in [5, 5.41) is 12.5. The summed E-state index contributed by atoms with van der Waals surface area (Å²) in [7, 11) is 1.87. The quantitative estimate of drug-likeness (QED) is 0.886. The van der Waals surface area contributed by atoms with Gasteiger partial charge in [0.15, 0.2) is 5.82 Å². The molecule has 1 N–H and O–H groups in total. The Bertz CT molecular complexity index is 530. The van der Waals surface area contributed by atoms with Crippen LogP contribution in [0.3, 0.4) is 0 Å². The van der Waals surface area contributed by atoms with Crippen molar-refractivity contribution < 1.29 is 0 Å². The van der Waals surface area contributed by atoms with E-state index in [2.05, 4.69) is 20.5 Å². The first-order valence-corrected chi connectivity index (χ1v) is 6.28. The van der Waals surface area contributed by atoms with E-state index >= 15 is 0 Å². The average molecular weight is 269 g/mol. The van der Waals surface area contributed by atoms with Crippen molar-refractivity contribution in [1.82, 2.24) is 29.9 Å². The van der Waals surface area contributed by atoms with Crippen molar-refractivity contribution in [1.29, 1.82) is 0 Å². The second kappa shape index (κ2) is 5.49. The minimum absolute atomic E-state index is 0.588. The van der Waals surface area contributed by atoms with Gasteiger partial charge in [0.05, 0.1) is 29.5 Å². The number of aryl methyl sites for hydroxylation is 2. The van der Waals surface area contributed by atoms with E-state index in [1.54, 1.807) is 11.0 Å². The van der Waals surface area contributed by atoms with Crippen molar-refractivity contribution >= 4 is 11.6 Å². The molecule has 0 saturated heterocycles. The molecule has 0 fully saturated rings. The van der Waals surface area contributed by atoms with Gasteiger partial charge >= 0.3 is 0 Å². The van der Waals surface area contributed by atoms with E-state index in [4.69, 9.17) is 11.6 Å². The van der Waals surface area contributed by atoms with Gasteiger partial charge in [-0.3, -0.25) is 4.68 Å². The third-order valence-corrected chi connectivity index (χ3v) is 3.18. The van der Waals surface area contributed by atoms with Crippen LogP contribution in [-0.4, -0.2) is 31.6 Å². The van der Waals surface area contributed by atoms with Crippen molar-refractivity contribution in [3.63, 3.8) is 0 Å². The molecule has 0 saturated carbocycles. The van der Waals surface area contributed by atoms with Crippen LogP contribution in [0, 0.1) is 6.92 Å². The lowest BCUT2D eigenvalue weighted by Gasteiger charge is -2.04. The number of nitrogens with zero attached hydrogens (tertiary/aromatic N) is 5. The molecule has 0 atom stereocenters. The maximum atomic E-state index is 6.25. The van der Waals surface area contributed by atoms with Crippen LogP contribution in [0.4, 0.5) is 0 Å². The standard InChI is InChI=1S/C11H17ClN6/c1-4-18-9(11(12)8(2)15-18)6-17-7-14-10(16-17)5-13-3/h7,13H,4-6H2,1-3H3. The third-order valence-electron chi connectivity index (χ3n) is 2.68. The molecule has 2 aromatic heterocycles. The highest BCUT2D eigenvalue weighted by Crippen LogP contribution is 2.20. The summed E-state index contributed by atoms with van der Waals surface area (Å²) in [6.45, 7) is 5.99. The van der Waals surface area contributed by atoms with Crippen molar-refractivity contribution in [2.75, 3.05) is 7.05 Å². The third kappa shape index (κ3) is 2.54. The Morgan fingerprint density at radius 3 is 2.83 bits per heavy atom. The summed E-state index contributed by atoms with van der Waals surface area (Å²) in [6.07, 6.45) is 1.71. The van der Waals surface area contributed by atoms with Crippen molar-refractivity contribution in [2.24, 2.45) is 0 Å². The topological polar surface area (TPSA) is 60.6 Å². The second-order valence-corrected chi connectivity index (χ2v) is 4.43. The zero-order valence-electron chi connectivity index (χ0n) is 10.8. The normalized spacial score (nSPS) is 11.1. The van der Waals surface area contributed by atoms with Crippen LogP contribution in [-0.2, 0) is 19.6 Å². The van der Waals surface area contributed by atoms with Gasteiger partial charge in [0.1, 0.15) is 6.33 Å².